The van der Waals surface area contributed by atoms with Crippen molar-refractivity contribution in [3.63, 3.8) is 0 Å². The van der Waals surface area contributed by atoms with Crippen molar-refractivity contribution in [1.29, 1.82) is 0 Å². The predicted molar refractivity (Wildman–Crippen MR) is 90.3 cm³/mol. The third-order valence-corrected chi connectivity index (χ3v) is 3.41. The maximum absolute atomic E-state index is 6.12. The lowest BCUT2D eigenvalue weighted by molar-refractivity contribution is 0.405. The molecule has 1 aromatic carbocycles. The number of halogens is 1. The van der Waals surface area contributed by atoms with E-state index in [1.54, 1.807) is 6.20 Å². The number of anilines is 2. The van der Waals surface area contributed by atoms with E-state index in [1.807, 2.05) is 24.3 Å². The molecular formula is C15H21ClN6. The smallest absolute Gasteiger partial charge is 0.244 e. The van der Waals surface area contributed by atoms with E-state index in [4.69, 9.17) is 11.6 Å². The molecule has 0 aliphatic carbocycles. The van der Waals surface area contributed by atoms with Gasteiger partial charge in [-0.2, -0.15) is 10.1 Å². The summed E-state index contributed by atoms with van der Waals surface area (Å²) >= 11 is 6.12. The Bertz CT molecular complexity index is 590. The fourth-order valence-corrected chi connectivity index (χ4v) is 2.09. The van der Waals surface area contributed by atoms with Crippen LogP contribution in [0.2, 0.25) is 5.02 Å². The summed E-state index contributed by atoms with van der Waals surface area (Å²) in [6.07, 6.45) is 2.66. The highest BCUT2D eigenvalue weighted by Gasteiger charge is 2.02. The molecule has 6 nitrogen and oxygen atoms in total. The van der Waals surface area contributed by atoms with Gasteiger partial charge in [-0.15, -0.1) is 5.10 Å². The molecule has 0 spiro atoms. The second-order valence-corrected chi connectivity index (χ2v) is 5.60. The Morgan fingerprint density at radius 1 is 1.18 bits per heavy atom. The Morgan fingerprint density at radius 2 is 2.00 bits per heavy atom. The Morgan fingerprint density at radius 3 is 2.77 bits per heavy atom. The summed E-state index contributed by atoms with van der Waals surface area (Å²) in [5.74, 6) is 1.20. The van der Waals surface area contributed by atoms with Crippen LogP contribution in [0, 0.1) is 0 Å². The zero-order valence-electron chi connectivity index (χ0n) is 12.9. The third kappa shape index (κ3) is 5.46. The maximum Gasteiger partial charge on any atom is 0.244 e. The van der Waals surface area contributed by atoms with Crippen LogP contribution in [0.15, 0.2) is 30.5 Å². The van der Waals surface area contributed by atoms with Crippen molar-refractivity contribution in [3.8, 4) is 0 Å². The molecule has 0 saturated carbocycles. The molecule has 118 valence electrons. The van der Waals surface area contributed by atoms with Gasteiger partial charge in [0.05, 0.1) is 6.20 Å². The molecule has 0 aliphatic rings. The monoisotopic (exact) mass is 320 g/mol. The number of hydrogen-bond acceptors (Lipinski definition) is 6. The maximum atomic E-state index is 6.12. The Balaban J connectivity index is 1.85. The van der Waals surface area contributed by atoms with Crippen LogP contribution in [0.25, 0.3) is 0 Å². The minimum atomic E-state index is 0.484. The van der Waals surface area contributed by atoms with Gasteiger partial charge in [0.2, 0.25) is 5.95 Å². The summed E-state index contributed by atoms with van der Waals surface area (Å²) in [6, 6.07) is 7.68. The van der Waals surface area contributed by atoms with Crippen LogP contribution in [0.3, 0.4) is 0 Å². The first-order valence-corrected chi connectivity index (χ1v) is 7.58. The van der Waals surface area contributed by atoms with Crippen molar-refractivity contribution >= 4 is 23.4 Å². The molecule has 0 aliphatic heterocycles. The predicted octanol–water partition coefficient (Wildman–Crippen LogP) is 2.50. The van der Waals surface area contributed by atoms with Gasteiger partial charge in [0.1, 0.15) is 0 Å². The zero-order chi connectivity index (χ0) is 15.8. The molecule has 0 amide bonds. The average molecular weight is 321 g/mol. The van der Waals surface area contributed by atoms with Crippen molar-refractivity contribution in [2.24, 2.45) is 0 Å². The summed E-state index contributed by atoms with van der Waals surface area (Å²) in [5.41, 5.74) is 0.997. The second kappa shape index (κ2) is 8.51. The quantitative estimate of drug-likeness (QED) is 0.729. The lowest BCUT2D eigenvalue weighted by atomic mass is 10.2. The fraction of sp³-hybridized carbons (Fsp3) is 0.400. The number of aromatic nitrogens is 3. The van der Waals surface area contributed by atoms with Crippen molar-refractivity contribution in [1.82, 2.24) is 20.1 Å². The van der Waals surface area contributed by atoms with Crippen LogP contribution < -0.4 is 10.6 Å². The zero-order valence-corrected chi connectivity index (χ0v) is 13.6. The first kappa shape index (κ1) is 16.5. The Kier molecular flexibility index (Phi) is 6.36. The summed E-state index contributed by atoms with van der Waals surface area (Å²) in [7, 11) is 4.12. The highest BCUT2D eigenvalue weighted by atomic mass is 35.5. The van der Waals surface area contributed by atoms with Gasteiger partial charge >= 0.3 is 0 Å². The van der Waals surface area contributed by atoms with Crippen molar-refractivity contribution in [3.05, 3.63) is 41.0 Å². The van der Waals surface area contributed by atoms with Crippen LogP contribution in [0.1, 0.15) is 12.0 Å². The Hall–Kier alpha value is -1.92. The molecule has 22 heavy (non-hydrogen) atoms. The molecule has 2 N–H and O–H groups in total. The summed E-state index contributed by atoms with van der Waals surface area (Å²) in [4.78, 5) is 6.53. The Labute approximate surface area is 135 Å². The van der Waals surface area contributed by atoms with Gasteiger partial charge in [-0.3, -0.25) is 0 Å². The van der Waals surface area contributed by atoms with Gasteiger partial charge in [-0.1, -0.05) is 29.8 Å². The molecular weight excluding hydrogens is 300 g/mol. The minimum absolute atomic E-state index is 0.484. The van der Waals surface area contributed by atoms with E-state index in [0.717, 1.165) is 35.9 Å². The molecule has 0 unspecified atom stereocenters. The van der Waals surface area contributed by atoms with Gasteiger partial charge in [-0.25, -0.2) is 0 Å². The van der Waals surface area contributed by atoms with Crippen LogP contribution in [0.4, 0.5) is 11.8 Å². The summed E-state index contributed by atoms with van der Waals surface area (Å²) in [5, 5.41) is 15.0. The van der Waals surface area contributed by atoms with Crippen molar-refractivity contribution in [2.45, 2.75) is 13.0 Å². The van der Waals surface area contributed by atoms with E-state index >= 15 is 0 Å². The molecule has 0 atom stereocenters. The standard InChI is InChI=1S/C15H21ClN6/c1-22(2)9-5-8-17-14-11-19-21-15(20-14)18-10-12-6-3-4-7-13(12)16/h3-4,6-7,11H,5,8-10H2,1-2H3,(H2,17,18,20,21). The van der Waals surface area contributed by atoms with E-state index in [-0.39, 0.29) is 0 Å². The highest BCUT2D eigenvalue weighted by molar-refractivity contribution is 6.31. The second-order valence-electron chi connectivity index (χ2n) is 5.19. The molecule has 0 radical (unpaired) electrons. The van der Waals surface area contributed by atoms with Crippen LogP contribution in [0.5, 0.6) is 0 Å². The van der Waals surface area contributed by atoms with Gasteiger partial charge in [0.25, 0.3) is 0 Å². The van der Waals surface area contributed by atoms with E-state index < -0.39 is 0 Å². The van der Waals surface area contributed by atoms with Gasteiger partial charge < -0.3 is 15.5 Å². The minimum Gasteiger partial charge on any atom is -0.369 e. The number of nitrogens with zero attached hydrogens (tertiary/aromatic N) is 4. The number of hydrogen-bond donors (Lipinski definition) is 2. The SMILES string of the molecule is CN(C)CCCNc1cnnc(NCc2ccccc2Cl)n1. The van der Waals surface area contributed by atoms with E-state index in [0.29, 0.717) is 12.5 Å². The number of rotatable bonds is 8. The van der Waals surface area contributed by atoms with Crippen LogP contribution >= 0.6 is 11.6 Å². The van der Waals surface area contributed by atoms with Crippen LogP contribution in [-0.4, -0.2) is 47.3 Å². The van der Waals surface area contributed by atoms with E-state index in [9.17, 15) is 0 Å². The molecule has 2 aromatic rings. The van der Waals surface area contributed by atoms with Gasteiger partial charge in [-0.05, 0) is 38.7 Å². The molecule has 7 heteroatoms. The van der Waals surface area contributed by atoms with Gasteiger partial charge in [0.15, 0.2) is 5.82 Å². The van der Waals surface area contributed by atoms with Crippen molar-refractivity contribution in [2.75, 3.05) is 37.8 Å². The average Bonchev–Trinajstić information content (AvgIpc) is 2.51. The summed E-state index contributed by atoms with van der Waals surface area (Å²) < 4.78 is 0. The van der Waals surface area contributed by atoms with E-state index in [1.165, 1.54) is 0 Å². The van der Waals surface area contributed by atoms with Crippen molar-refractivity contribution < 1.29 is 0 Å². The molecule has 2 rings (SSSR count). The first-order valence-electron chi connectivity index (χ1n) is 7.21. The fourth-order valence-electron chi connectivity index (χ4n) is 1.89. The molecule has 0 saturated heterocycles. The lowest BCUT2D eigenvalue weighted by Crippen LogP contribution is -2.17. The highest BCUT2D eigenvalue weighted by Crippen LogP contribution is 2.15. The lowest BCUT2D eigenvalue weighted by Gasteiger charge is -2.10. The number of benzene rings is 1. The molecule has 1 heterocycles. The van der Waals surface area contributed by atoms with Crippen LogP contribution in [-0.2, 0) is 6.54 Å². The largest absolute Gasteiger partial charge is 0.369 e. The topological polar surface area (TPSA) is 66.0 Å². The molecule has 0 bridgehead atoms. The molecule has 1 aromatic heterocycles. The van der Waals surface area contributed by atoms with E-state index in [2.05, 4.69) is 44.8 Å². The normalized spacial score (nSPS) is 10.7. The number of nitrogens with one attached hydrogen (secondary N) is 2. The third-order valence-electron chi connectivity index (χ3n) is 3.04. The summed E-state index contributed by atoms with van der Waals surface area (Å²) in [6.45, 7) is 2.44. The molecule has 0 fully saturated rings. The first-order chi connectivity index (χ1) is 10.6. The van der Waals surface area contributed by atoms with Gasteiger partial charge in [0, 0.05) is 18.1 Å².